The number of ketones is 1. The minimum absolute atomic E-state index is 0.153. The van der Waals surface area contributed by atoms with Gasteiger partial charge in [-0.1, -0.05) is 11.6 Å². The van der Waals surface area contributed by atoms with Crippen molar-refractivity contribution in [2.24, 2.45) is 0 Å². The van der Waals surface area contributed by atoms with Crippen molar-refractivity contribution >= 4 is 34.4 Å². The number of aromatic amines is 1. The summed E-state index contributed by atoms with van der Waals surface area (Å²) in [6.45, 7) is 7.56. The third-order valence-corrected chi connectivity index (χ3v) is 3.57. The van der Waals surface area contributed by atoms with Gasteiger partial charge in [0.25, 0.3) is 0 Å². The number of benzene rings is 1. The van der Waals surface area contributed by atoms with Gasteiger partial charge in [-0.3, -0.25) is 9.89 Å². The lowest BCUT2D eigenvalue weighted by Gasteiger charge is -2.19. The van der Waals surface area contributed by atoms with Gasteiger partial charge in [0.15, 0.2) is 11.5 Å². The summed E-state index contributed by atoms with van der Waals surface area (Å²) in [6.07, 6.45) is 1.66. The molecule has 0 aliphatic heterocycles. The van der Waals surface area contributed by atoms with Crippen molar-refractivity contribution in [1.29, 1.82) is 0 Å². The zero-order valence-corrected chi connectivity index (χ0v) is 15.5. The number of Topliss-reactive ketones (excluding diaryl/α,β-unsaturated/α-hetero) is 1. The normalized spacial score (nSPS) is 11.4. The highest BCUT2D eigenvalue weighted by Crippen LogP contribution is 2.34. The standard InChI is InChI=1S/C17H22ClN3O4/c1-10(22)11-8-13(18)12-9-20-21-14(12)15(11)24-7-5-6-19-16(23)25-17(2,3)4/h8-9H,5-7H2,1-4H3,(H,19,23)(H,20,21). The van der Waals surface area contributed by atoms with E-state index in [4.69, 9.17) is 21.1 Å². The van der Waals surface area contributed by atoms with Crippen LogP contribution in [0.2, 0.25) is 5.02 Å². The van der Waals surface area contributed by atoms with Crippen molar-refractivity contribution in [2.45, 2.75) is 39.7 Å². The smallest absolute Gasteiger partial charge is 0.407 e. The molecule has 1 heterocycles. The molecule has 2 aromatic rings. The number of nitrogens with zero attached hydrogens (tertiary/aromatic N) is 1. The van der Waals surface area contributed by atoms with Crippen LogP contribution in [-0.4, -0.2) is 40.8 Å². The molecule has 0 saturated heterocycles. The summed E-state index contributed by atoms with van der Waals surface area (Å²) >= 11 is 6.16. The van der Waals surface area contributed by atoms with E-state index in [1.54, 1.807) is 33.0 Å². The first-order valence-corrected chi connectivity index (χ1v) is 8.33. The number of hydrogen-bond acceptors (Lipinski definition) is 5. The van der Waals surface area contributed by atoms with Gasteiger partial charge in [-0.25, -0.2) is 4.79 Å². The summed E-state index contributed by atoms with van der Waals surface area (Å²) in [5.74, 6) is 0.266. The number of fused-ring (bicyclic) bond motifs is 1. The fourth-order valence-electron chi connectivity index (χ4n) is 2.21. The summed E-state index contributed by atoms with van der Waals surface area (Å²) in [5, 5.41) is 10.5. The van der Waals surface area contributed by atoms with Crippen molar-refractivity contribution < 1.29 is 19.1 Å². The Morgan fingerprint density at radius 2 is 2.08 bits per heavy atom. The average Bonchev–Trinajstić information content (AvgIpc) is 2.96. The van der Waals surface area contributed by atoms with Crippen molar-refractivity contribution in [3.05, 3.63) is 22.8 Å². The molecule has 0 fully saturated rings. The van der Waals surface area contributed by atoms with Crippen molar-refractivity contribution in [3.63, 3.8) is 0 Å². The highest BCUT2D eigenvalue weighted by molar-refractivity contribution is 6.36. The molecule has 2 N–H and O–H groups in total. The number of hydrogen-bond donors (Lipinski definition) is 2. The first-order chi connectivity index (χ1) is 11.7. The third-order valence-electron chi connectivity index (χ3n) is 3.25. The lowest BCUT2D eigenvalue weighted by molar-refractivity contribution is 0.0525. The second-order valence-electron chi connectivity index (χ2n) is 6.58. The van der Waals surface area contributed by atoms with Crippen LogP contribution in [0.3, 0.4) is 0 Å². The number of halogens is 1. The van der Waals surface area contributed by atoms with E-state index in [0.717, 1.165) is 0 Å². The van der Waals surface area contributed by atoms with Gasteiger partial charge >= 0.3 is 6.09 Å². The molecule has 1 amide bonds. The minimum Gasteiger partial charge on any atom is -0.490 e. The molecule has 0 spiro atoms. The molecule has 25 heavy (non-hydrogen) atoms. The number of alkyl carbamates (subject to hydrolysis) is 1. The molecule has 1 aromatic carbocycles. The summed E-state index contributed by atoms with van der Waals surface area (Å²) in [4.78, 5) is 23.4. The molecule has 136 valence electrons. The number of carbonyl (C=O) groups excluding carboxylic acids is 2. The van der Waals surface area contributed by atoms with Gasteiger partial charge in [-0.15, -0.1) is 0 Å². The second kappa shape index (κ2) is 7.74. The Morgan fingerprint density at radius 1 is 1.36 bits per heavy atom. The molecule has 8 heteroatoms. The Morgan fingerprint density at radius 3 is 2.72 bits per heavy atom. The maximum Gasteiger partial charge on any atom is 0.407 e. The van der Waals surface area contributed by atoms with E-state index >= 15 is 0 Å². The van der Waals surface area contributed by atoms with E-state index in [-0.39, 0.29) is 5.78 Å². The van der Waals surface area contributed by atoms with Crippen LogP contribution in [0.5, 0.6) is 5.75 Å². The number of carbonyl (C=O) groups is 2. The van der Waals surface area contributed by atoms with Crippen LogP contribution in [0.25, 0.3) is 10.9 Å². The number of H-pyrrole nitrogens is 1. The Bertz CT molecular complexity index is 780. The molecule has 0 bridgehead atoms. The van der Waals surface area contributed by atoms with E-state index in [9.17, 15) is 9.59 Å². The molecular formula is C17H22ClN3O4. The molecular weight excluding hydrogens is 346 g/mol. The van der Waals surface area contributed by atoms with E-state index in [2.05, 4.69) is 15.5 Å². The summed E-state index contributed by atoms with van der Waals surface area (Å²) < 4.78 is 10.9. The van der Waals surface area contributed by atoms with E-state index in [1.807, 2.05) is 0 Å². The molecule has 7 nitrogen and oxygen atoms in total. The average molecular weight is 368 g/mol. The van der Waals surface area contributed by atoms with Crippen LogP contribution in [0.15, 0.2) is 12.3 Å². The molecule has 0 saturated carbocycles. The number of amides is 1. The largest absolute Gasteiger partial charge is 0.490 e. The fourth-order valence-corrected chi connectivity index (χ4v) is 2.46. The van der Waals surface area contributed by atoms with Gasteiger partial charge in [0.2, 0.25) is 0 Å². The Labute approximate surface area is 151 Å². The summed E-state index contributed by atoms with van der Waals surface area (Å²) in [7, 11) is 0. The van der Waals surface area contributed by atoms with Crippen LogP contribution in [0.1, 0.15) is 44.5 Å². The predicted octanol–water partition coefficient (Wildman–Crippen LogP) is 3.71. The Kier molecular flexibility index (Phi) is 5.89. The zero-order valence-electron chi connectivity index (χ0n) is 14.7. The molecule has 1 aromatic heterocycles. The third kappa shape index (κ3) is 5.09. The zero-order chi connectivity index (χ0) is 18.6. The predicted molar refractivity (Wildman–Crippen MR) is 95.5 cm³/mol. The lowest BCUT2D eigenvalue weighted by Crippen LogP contribution is -2.33. The van der Waals surface area contributed by atoms with Crippen LogP contribution < -0.4 is 10.1 Å². The second-order valence-corrected chi connectivity index (χ2v) is 6.99. The molecule has 0 aliphatic carbocycles. The van der Waals surface area contributed by atoms with Crippen LogP contribution in [0.4, 0.5) is 4.79 Å². The van der Waals surface area contributed by atoms with E-state index < -0.39 is 11.7 Å². The molecule has 0 aliphatic rings. The molecule has 0 radical (unpaired) electrons. The maximum absolute atomic E-state index is 11.8. The van der Waals surface area contributed by atoms with Crippen LogP contribution >= 0.6 is 11.6 Å². The molecule has 2 rings (SSSR count). The number of ether oxygens (including phenoxy) is 2. The van der Waals surface area contributed by atoms with Gasteiger partial charge in [0, 0.05) is 11.9 Å². The lowest BCUT2D eigenvalue weighted by atomic mass is 10.1. The van der Waals surface area contributed by atoms with E-state index in [1.165, 1.54) is 6.92 Å². The van der Waals surface area contributed by atoms with Gasteiger partial charge in [0.1, 0.15) is 11.1 Å². The Hall–Kier alpha value is -2.28. The van der Waals surface area contributed by atoms with Gasteiger partial charge in [-0.05, 0) is 40.2 Å². The number of nitrogens with one attached hydrogen (secondary N) is 2. The number of aromatic nitrogens is 2. The molecule has 0 unspecified atom stereocenters. The van der Waals surface area contributed by atoms with Crippen molar-refractivity contribution in [3.8, 4) is 5.75 Å². The van der Waals surface area contributed by atoms with Gasteiger partial charge in [0.05, 0.1) is 23.4 Å². The fraction of sp³-hybridized carbons (Fsp3) is 0.471. The Balaban J connectivity index is 1.96. The van der Waals surface area contributed by atoms with E-state index in [0.29, 0.717) is 46.8 Å². The minimum atomic E-state index is -0.535. The number of rotatable bonds is 6. The first-order valence-electron chi connectivity index (χ1n) is 7.95. The van der Waals surface area contributed by atoms with Crippen molar-refractivity contribution in [1.82, 2.24) is 15.5 Å². The topological polar surface area (TPSA) is 93.3 Å². The summed E-state index contributed by atoms with van der Waals surface area (Å²) in [6, 6.07) is 1.58. The maximum atomic E-state index is 11.8. The van der Waals surface area contributed by atoms with Crippen LogP contribution in [-0.2, 0) is 4.74 Å². The highest BCUT2D eigenvalue weighted by Gasteiger charge is 2.18. The summed E-state index contributed by atoms with van der Waals surface area (Å²) in [5.41, 5.74) is 0.437. The quantitative estimate of drug-likeness (QED) is 0.599. The van der Waals surface area contributed by atoms with Gasteiger partial charge in [-0.2, -0.15) is 5.10 Å². The SMILES string of the molecule is CC(=O)c1cc(Cl)c2cn[nH]c2c1OCCCNC(=O)OC(C)(C)C. The van der Waals surface area contributed by atoms with Crippen molar-refractivity contribution in [2.75, 3.05) is 13.2 Å². The van der Waals surface area contributed by atoms with Crippen LogP contribution in [0, 0.1) is 0 Å². The van der Waals surface area contributed by atoms with Gasteiger partial charge < -0.3 is 14.8 Å². The monoisotopic (exact) mass is 367 g/mol. The first kappa shape index (κ1) is 19.1. The molecule has 0 atom stereocenters. The highest BCUT2D eigenvalue weighted by atomic mass is 35.5.